The van der Waals surface area contributed by atoms with Gasteiger partial charge in [0.2, 0.25) is 5.91 Å². The summed E-state index contributed by atoms with van der Waals surface area (Å²) in [4.78, 5) is 33.5. The molecule has 7 nitrogen and oxygen atoms in total. The fourth-order valence-corrected chi connectivity index (χ4v) is 1.91. The minimum absolute atomic E-state index is 0.0449. The van der Waals surface area contributed by atoms with Crippen molar-refractivity contribution in [2.24, 2.45) is 0 Å². The average molecular weight is 335 g/mol. The highest BCUT2D eigenvalue weighted by Gasteiger charge is 2.16. The Morgan fingerprint density at radius 1 is 1.17 bits per heavy atom. The molecular weight excluding hydrogens is 324 g/mol. The second-order valence-corrected chi connectivity index (χ2v) is 4.84. The highest BCUT2D eigenvalue weighted by molar-refractivity contribution is 6.32. The van der Waals surface area contributed by atoms with Crippen molar-refractivity contribution >= 4 is 34.9 Å². The third-order valence-electron chi connectivity index (χ3n) is 2.71. The molecule has 1 N–H and O–H groups in total. The first-order valence-electron chi connectivity index (χ1n) is 6.45. The van der Waals surface area contributed by atoms with Crippen LogP contribution in [0.4, 0.5) is 11.4 Å². The number of anilines is 1. The number of hydrogen-bond donors (Lipinski definition) is 1. The Morgan fingerprint density at radius 2 is 1.87 bits per heavy atom. The number of nitro benzene ring substituents is 1. The molecule has 0 heterocycles. The number of carbonyl (C=O) groups excluding carboxylic acids is 2. The van der Waals surface area contributed by atoms with Crippen LogP contribution in [0.5, 0.6) is 5.75 Å². The number of halogens is 1. The van der Waals surface area contributed by atoms with Crippen LogP contribution in [-0.2, 0) is 9.59 Å². The first-order valence-corrected chi connectivity index (χ1v) is 6.83. The summed E-state index contributed by atoms with van der Waals surface area (Å²) in [6.07, 6.45) is -0.523. The fraction of sp³-hybridized carbons (Fsp3) is 0.0667. The van der Waals surface area contributed by atoms with E-state index in [9.17, 15) is 19.7 Å². The van der Waals surface area contributed by atoms with Crippen molar-refractivity contribution in [3.8, 4) is 5.75 Å². The molecule has 0 aromatic heterocycles. The van der Waals surface area contributed by atoms with Crippen LogP contribution >= 0.6 is 11.6 Å². The molecular formula is C15H11ClN2O5. The van der Waals surface area contributed by atoms with Crippen LogP contribution in [-0.4, -0.2) is 16.8 Å². The number of esters is 1. The van der Waals surface area contributed by atoms with Crippen molar-refractivity contribution in [3.05, 3.63) is 63.7 Å². The third kappa shape index (κ3) is 4.79. The molecule has 0 fully saturated rings. The lowest BCUT2D eigenvalue weighted by Gasteiger charge is -2.06. The van der Waals surface area contributed by atoms with Crippen molar-refractivity contribution in [1.82, 2.24) is 0 Å². The van der Waals surface area contributed by atoms with E-state index in [4.69, 9.17) is 16.3 Å². The van der Waals surface area contributed by atoms with E-state index in [1.807, 2.05) is 0 Å². The molecule has 0 atom stereocenters. The van der Waals surface area contributed by atoms with Gasteiger partial charge in [-0.1, -0.05) is 29.8 Å². The van der Waals surface area contributed by atoms with Crippen LogP contribution in [0.15, 0.2) is 48.5 Å². The zero-order valence-corrected chi connectivity index (χ0v) is 12.4. The molecule has 1 amide bonds. The monoisotopic (exact) mass is 334 g/mol. The van der Waals surface area contributed by atoms with Gasteiger partial charge in [-0.3, -0.25) is 19.7 Å². The van der Waals surface area contributed by atoms with Gasteiger partial charge in [0.15, 0.2) is 0 Å². The summed E-state index contributed by atoms with van der Waals surface area (Å²) < 4.78 is 4.97. The number of nitrogens with one attached hydrogen (secondary N) is 1. The van der Waals surface area contributed by atoms with Gasteiger partial charge < -0.3 is 10.1 Å². The highest BCUT2D eigenvalue weighted by atomic mass is 35.5. The van der Waals surface area contributed by atoms with E-state index in [0.29, 0.717) is 5.75 Å². The van der Waals surface area contributed by atoms with Crippen LogP contribution in [0.1, 0.15) is 6.42 Å². The Kier molecular flexibility index (Phi) is 5.27. The lowest BCUT2D eigenvalue weighted by atomic mass is 10.2. The molecule has 118 valence electrons. The topological polar surface area (TPSA) is 98.5 Å². The van der Waals surface area contributed by atoms with E-state index in [0.717, 1.165) is 6.07 Å². The van der Waals surface area contributed by atoms with Crippen molar-refractivity contribution in [1.29, 1.82) is 0 Å². The number of nitrogens with zero attached hydrogens (tertiary/aromatic N) is 1. The number of carbonyl (C=O) groups is 2. The van der Waals surface area contributed by atoms with Gasteiger partial charge >= 0.3 is 5.97 Å². The predicted molar refractivity (Wildman–Crippen MR) is 83.4 cm³/mol. The van der Waals surface area contributed by atoms with Gasteiger partial charge in [-0.25, -0.2) is 0 Å². The van der Waals surface area contributed by atoms with Gasteiger partial charge in [0, 0.05) is 11.8 Å². The van der Waals surface area contributed by atoms with Crippen LogP contribution in [0.25, 0.3) is 0 Å². The number of amides is 1. The molecule has 0 aliphatic carbocycles. The van der Waals surface area contributed by atoms with E-state index < -0.39 is 23.2 Å². The molecule has 0 spiro atoms. The van der Waals surface area contributed by atoms with Gasteiger partial charge in [0.05, 0.1) is 4.92 Å². The van der Waals surface area contributed by atoms with Crippen LogP contribution in [0, 0.1) is 10.1 Å². The summed E-state index contributed by atoms with van der Waals surface area (Å²) in [7, 11) is 0. The maximum Gasteiger partial charge on any atom is 0.320 e. The molecule has 0 radical (unpaired) electrons. The maximum atomic E-state index is 11.8. The van der Waals surface area contributed by atoms with Crippen LogP contribution in [0.3, 0.4) is 0 Å². The van der Waals surface area contributed by atoms with Crippen molar-refractivity contribution < 1.29 is 19.2 Å². The number of rotatable bonds is 5. The molecule has 2 aromatic rings. The van der Waals surface area contributed by atoms with Crippen LogP contribution < -0.4 is 10.1 Å². The van der Waals surface area contributed by atoms with Crippen molar-refractivity contribution in [3.63, 3.8) is 0 Å². The quantitative estimate of drug-likeness (QED) is 0.298. The van der Waals surface area contributed by atoms with Gasteiger partial charge in [-0.2, -0.15) is 0 Å². The molecule has 2 rings (SSSR count). The number of ether oxygens (including phenoxy) is 1. The van der Waals surface area contributed by atoms with E-state index in [1.165, 1.54) is 12.1 Å². The highest BCUT2D eigenvalue weighted by Crippen LogP contribution is 2.27. The zero-order valence-electron chi connectivity index (χ0n) is 11.7. The molecule has 0 bridgehead atoms. The predicted octanol–water partition coefficient (Wildman–Crippen LogP) is 3.18. The Hall–Kier alpha value is -2.93. The Morgan fingerprint density at radius 3 is 2.52 bits per heavy atom. The molecule has 2 aromatic carbocycles. The van der Waals surface area contributed by atoms with Crippen LogP contribution in [0.2, 0.25) is 5.02 Å². The number of benzene rings is 2. The van der Waals surface area contributed by atoms with E-state index >= 15 is 0 Å². The normalized spacial score (nSPS) is 9.96. The largest absolute Gasteiger partial charge is 0.426 e. The van der Waals surface area contributed by atoms with Gasteiger partial charge in [0.1, 0.15) is 17.2 Å². The Bertz CT molecular complexity index is 749. The van der Waals surface area contributed by atoms with Gasteiger partial charge in [-0.15, -0.1) is 0 Å². The molecule has 8 heteroatoms. The minimum atomic E-state index is -0.739. The van der Waals surface area contributed by atoms with Gasteiger partial charge in [-0.05, 0) is 24.3 Å². The van der Waals surface area contributed by atoms with E-state index in [1.54, 1.807) is 30.3 Å². The zero-order chi connectivity index (χ0) is 16.8. The summed E-state index contributed by atoms with van der Waals surface area (Å²) in [5.41, 5.74) is -0.171. The van der Waals surface area contributed by atoms with Crippen molar-refractivity contribution in [2.75, 3.05) is 5.32 Å². The SMILES string of the molecule is O=C(CC(=O)Oc1ccccc1)Nc1ccc(Cl)c([N+](=O)[O-])c1. The second-order valence-electron chi connectivity index (χ2n) is 4.44. The first-order chi connectivity index (χ1) is 11.0. The minimum Gasteiger partial charge on any atom is -0.426 e. The standard InChI is InChI=1S/C15H11ClN2O5/c16-12-7-6-10(8-13(12)18(21)22)17-14(19)9-15(20)23-11-4-2-1-3-5-11/h1-8H,9H2,(H,17,19). The number of hydrogen-bond acceptors (Lipinski definition) is 5. The molecule has 0 aliphatic rings. The molecule has 0 aliphatic heterocycles. The molecule has 0 saturated heterocycles. The second kappa shape index (κ2) is 7.37. The lowest BCUT2D eigenvalue weighted by molar-refractivity contribution is -0.384. The Balaban J connectivity index is 1.96. The van der Waals surface area contributed by atoms with Gasteiger partial charge in [0.25, 0.3) is 5.69 Å². The number of nitro groups is 1. The summed E-state index contributed by atoms with van der Waals surface area (Å²) in [6.45, 7) is 0. The molecule has 0 saturated carbocycles. The maximum absolute atomic E-state index is 11.8. The lowest BCUT2D eigenvalue weighted by Crippen LogP contribution is -2.19. The van der Waals surface area contributed by atoms with Crippen molar-refractivity contribution in [2.45, 2.75) is 6.42 Å². The smallest absolute Gasteiger partial charge is 0.320 e. The third-order valence-corrected chi connectivity index (χ3v) is 3.03. The summed E-state index contributed by atoms with van der Waals surface area (Å²) >= 11 is 5.67. The summed E-state index contributed by atoms with van der Waals surface area (Å²) in [6, 6.07) is 12.1. The van der Waals surface area contributed by atoms with E-state index in [-0.39, 0.29) is 16.4 Å². The fourth-order valence-electron chi connectivity index (χ4n) is 1.72. The summed E-state index contributed by atoms with van der Waals surface area (Å²) in [5.74, 6) is -1.06. The first kappa shape index (κ1) is 16.4. The van der Waals surface area contributed by atoms with E-state index in [2.05, 4.69) is 5.32 Å². The average Bonchev–Trinajstić information content (AvgIpc) is 2.49. The molecule has 23 heavy (non-hydrogen) atoms. The molecule has 0 unspecified atom stereocenters. The number of para-hydroxylation sites is 1. The summed E-state index contributed by atoms with van der Waals surface area (Å²) in [5, 5.41) is 13.1. The Labute approximate surface area is 136 Å².